The Morgan fingerprint density at radius 2 is 1.29 bits per heavy atom. The molecule has 2 nitrogen and oxygen atoms in total. The summed E-state index contributed by atoms with van der Waals surface area (Å²) in [5, 5.41) is 0. The molecule has 2 saturated heterocycles. The smallest absolute Gasteiger partial charge is 0.00971 e. The molecule has 104 valence electrons. The van der Waals surface area contributed by atoms with Crippen molar-refractivity contribution in [2.45, 2.75) is 19.3 Å². The standard InChI is InChI=1S/C11H24Cl2N2S2/c1-16(12)10-4-8-14(16)6-3-7-15-9-5-11-17(15,2)13/h3-11H2,1-2H3. The predicted octanol–water partition coefficient (Wildman–Crippen LogP) is 3.79. The summed E-state index contributed by atoms with van der Waals surface area (Å²) in [7, 11) is 11.2. The Kier molecular flexibility index (Phi) is 4.88. The van der Waals surface area contributed by atoms with E-state index in [4.69, 9.17) is 21.4 Å². The third-order valence-corrected chi connectivity index (χ3v) is 10.8. The zero-order chi connectivity index (χ0) is 12.5. The lowest BCUT2D eigenvalue weighted by Crippen LogP contribution is -2.26. The summed E-state index contributed by atoms with van der Waals surface area (Å²) in [6.07, 6.45) is 8.22. The van der Waals surface area contributed by atoms with Crippen molar-refractivity contribution in [2.75, 3.05) is 50.2 Å². The molecule has 2 atom stereocenters. The molecule has 17 heavy (non-hydrogen) atoms. The lowest BCUT2D eigenvalue weighted by molar-refractivity contribution is 0.417. The van der Waals surface area contributed by atoms with Crippen molar-refractivity contribution >= 4 is 40.2 Å². The number of halogens is 2. The molecule has 2 aliphatic rings. The van der Waals surface area contributed by atoms with Crippen LogP contribution in [-0.4, -0.2) is 58.8 Å². The second-order valence-electron chi connectivity index (χ2n) is 5.19. The highest BCUT2D eigenvalue weighted by atomic mass is 35.7. The van der Waals surface area contributed by atoms with E-state index in [2.05, 4.69) is 21.1 Å². The maximum absolute atomic E-state index is 6.56. The van der Waals surface area contributed by atoms with Gasteiger partial charge in [-0.3, -0.25) is 8.61 Å². The molecule has 0 spiro atoms. The molecule has 2 aliphatic heterocycles. The number of hydrogen-bond donors (Lipinski definition) is 0. The van der Waals surface area contributed by atoms with Gasteiger partial charge in [0.2, 0.25) is 0 Å². The molecule has 0 aromatic heterocycles. The van der Waals surface area contributed by atoms with Crippen LogP contribution in [-0.2, 0) is 0 Å². The minimum atomic E-state index is -0.951. The molecule has 2 rings (SSSR count). The summed E-state index contributed by atoms with van der Waals surface area (Å²) in [5.41, 5.74) is 0. The first-order valence-corrected chi connectivity index (χ1v) is 12.3. The third-order valence-electron chi connectivity index (χ3n) is 3.74. The number of rotatable bonds is 4. The lowest BCUT2D eigenvalue weighted by atomic mass is 10.4. The van der Waals surface area contributed by atoms with Crippen LogP contribution >= 0.6 is 40.2 Å². The summed E-state index contributed by atoms with van der Waals surface area (Å²) >= 11 is 0. The Morgan fingerprint density at radius 1 is 0.882 bits per heavy atom. The molecule has 2 unspecified atom stereocenters. The topological polar surface area (TPSA) is 6.48 Å². The average Bonchev–Trinajstić information content (AvgIpc) is 2.71. The average molecular weight is 319 g/mol. The van der Waals surface area contributed by atoms with Crippen LogP contribution in [0.1, 0.15) is 19.3 Å². The molecule has 6 heteroatoms. The van der Waals surface area contributed by atoms with Gasteiger partial charge in [-0.25, -0.2) is 0 Å². The van der Waals surface area contributed by atoms with Crippen LogP contribution < -0.4 is 0 Å². The van der Waals surface area contributed by atoms with Gasteiger partial charge in [0.1, 0.15) is 0 Å². The molecule has 0 saturated carbocycles. The van der Waals surface area contributed by atoms with Crippen molar-refractivity contribution in [3.63, 3.8) is 0 Å². The molecule has 0 bridgehead atoms. The highest BCUT2D eigenvalue weighted by Gasteiger charge is 2.31. The Balaban J connectivity index is 1.73. The van der Waals surface area contributed by atoms with Crippen LogP contribution in [0.3, 0.4) is 0 Å². The fraction of sp³-hybridized carbons (Fsp3) is 1.00. The molecule has 0 radical (unpaired) electrons. The second kappa shape index (κ2) is 5.68. The zero-order valence-corrected chi connectivity index (χ0v) is 14.0. The molecular formula is C11H24Cl2N2S2. The van der Waals surface area contributed by atoms with E-state index >= 15 is 0 Å². The van der Waals surface area contributed by atoms with Gasteiger partial charge in [0.05, 0.1) is 0 Å². The van der Waals surface area contributed by atoms with Crippen molar-refractivity contribution in [1.82, 2.24) is 8.61 Å². The van der Waals surface area contributed by atoms with Crippen LogP contribution in [0.5, 0.6) is 0 Å². The van der Waals surface area contributed by atoms with Crippen molar-refractivity contribution in [3.8, 4) is 0 Å². The molecule has 0 aromatic carbocycles. The quantitative estimate of drug-likeness (QED) is 0.778. The summed E-state index contributed by atoms with van der Waals surface area (Å²) in [6.45, 7) is 4.69. The van der Waals surface area contributed by atoms with Gasteiger partial charge in [-0.05, 0) is 31.8 Å². The van der Waals surface area contributed by atoms with Gasteiger partial charge in [0.15, 0.2) is 0 Å². The Bertz CT molecular complexity index is 248. The number of hydrogen-bond acceptors (Lipinski definition) is 2. The van der Waals surface area contributed by atoms with E-state index in [0.717, 1.165) is 13.1 Å². The van der Waals surface area contributed by atoms with E-state index < -0.39 is 18.9 Å². The molecule has 0 aliphatic carbocycles. The van der Waals surface area contributed by atoms with Gasteiger partial charge in [0, 0.05) is 37.7 Å². The fourth-order valence-electron chi connectivity index (χ4n) is 2.68. The SMILES string of the molecule is CS1(Cl)CCCN1CCCN1CCCS1(C)Cl. The molecule has 0 aromatic rings. The summed E-state index contributed by atoms with van der Waals surface area (Å²) in [4.78, 5) is 0. The van der Waals surface area contributed by atoms with E-state index in [1.54, 1.807) is 0 Å². The Labute approximate surface area is 118 Å². The summed E-state index contributed by atoms with van der Waals surface area (Å²) in [5.74, 6) is 2.41. The van der Waals surface area contributed by atoms with Gasteiger partial charge < -0.3 is 0 Å². The lowest BCUT2D eigenvalue weighted by Gasteiger charge is -2.36. The molecule has 0 N–H and O–H groups in total. The van der Waals surface area contributed by atoms with Gasteiger partial charge >= 0.3 is 0 Å². The largest absolute Gasteiger partial charge is 0.256 e. The highest BCUT2D eigenvalue weighted by molar-refractivity contribution is 8.49. The highest BCUT2D eigenvalue weighted by Crippen LogP contribution is 2.58. The van der Waals surface area contributed by atoms with E-state index in [-0.39, 0.29) is 0 Å². The minimum Gasteiger partial charge on any atom is -0.256 e. The van der Waals surface area contributed by atoms with Crippen LogP contribution in [0.15, 0.2) is 0 Å². The van der Waals surface area contributed by atoms with E-state index in [1.165, 1.54) is 43.9 Å². The van der Waals surface area contributed by atoms with Gasteiger partial charge in [-0.15, -0.1) is 18.9 Å². The van der Waals surface area contributed by atoms with Crippen LogP contribution in [0.4, 0.5) is 0 Å². The van der Waals surface area contributed by atoms with Crippen LogP contribution in [0.2, 0.25) is 0 Å². The van der Waals surface area contributed by atoms with E-state index in [9.17, 15) is 0 Å². The Hall–Kier alpha value is 1.20. The minimum absolute atomic E-state index is 0.951. The van der Waals surface area contributed by atoms with Gasteiger partial charge in [-0.1, -0.05) is 21.4 Å². The van der Waals surface area contributed by atoms with Crippen molar-refractivity contribution in [3.05, 3.63) is 0 Å². The monoisotopic (exact) mass is 318 g/mol. The first-order valence-electron chi connectivity index (χ1n) is 6.33. The van der Waals surface area contributed by atoms with Crippen LogP contribution in [0.25, 0.3) is 0 Å². The summed E-state index contributed by atoms with van der Waals surface area (Å²) in [6, 6.07) is 0. The predicted molar refractivity (Wildman–Crippen MR) is 85.5 cm³/mol. The van der Waals surface area contributed by atoms with Gasteiger partial charge in [0.25, 0.3) is 0 Å². The van der Waals surface area contributed by atoms with E-state index in [1.807, 2.05) is 0 Å². The normalized spacial score (nSPS) is 47.8. The maximum Gasteiger partial charge on any atom is 0.00971 e. The molecule has 0 amide bonds. The first-order chi connectivity index (χ1) is 7.92. The van der Waals surface area contributed by atoms with Crippen molar-refractivity contribution in [2.24, 2.45) is 0 Å². The van der Waals surface area contributed by atoms with Gasteiger partial charge in [-0.2, -0.15) is 0 Å². The van der Waals surface area contributed by atoms with Crippen molar-refractivity contribution in [1.29, 1.82) is 0 Å². The van der Waals surface area contributed by atoms with Crippen molar-refractivity contribution < 1.29 is 0 Å². The molecular weight excluding hydrogens is 295 g/mol. The fourth-order valence-corrected chi connectivity index (χ4v) is 8.03. The zero-order valence-electron chi connectivity index (χ0n) is 10.8. The second-order valence-corrected chi connectivity index (χ2v) is 14.8. The third kappa shape index (κ3) is 3.61. The molecule has 2 fully saturated rings. The van der Waals surface area contributed by atoms with Crippen LogP contribution in [0, 0.1) is 0 Å². The first kappa shape index (κ1) is 14.6. The maximum atomic E-state index is 6.56. The molecule has 2 heterocycles. The van der Waals surface area contributed by atoms with E-state index in [0.29, 0.717) is 0 Å². The Morgan fingerprint density at radius 3 is 1.59 bits per heavy atom. The summed E-state index contributed by atoms with van der Waals surface area (Å²) < 4.78 is 5.01. The number of nitrogens with zero attached hydrogens (tertiary/aromatic N) is 2.